The molecule has 38 heavy (non-hydrogen) atoms. The fourth-order valence-electron chi connectivity index (χ4n) is 4.20. The molecule has 1 aromatic heterocycles. The molecular weight excluding hydrogens is 551 g/mol. The summed E-state index contributed by atoms with van der Waals surface area (Å²) in [5.41, 5.74) is -5.45. The molecular formula is C24H29ClF3N3O6S. The number of rotatable bonds is 8. The Hall–Kier alpha value is -2.80. The molecule has 0 unspecified atom stereocenters. The van der Waals surface area contributed by atoms with Crippen LogP contribution in [0.5, 0.6) is 5.75 Å². The van der Waals surface area contributed by atoms with Gasteiger partial charge in [0.05, 0.1) is 17.3 Å². The van der Waals surface area contributed by atoms with Gasteiger partial charge in [0.15, 0.2) is 11.6 Å². The number of esters is 1. The van der Waals surface area contributed by atoms with E-state index in [2.05, 4.69) is 16.2 Å². The molecule has 2 aromatic rings. The highest BCUT2D eigenvalue weighted by molar-refractivity contribution is 7.88. The zero-order chi connectivity index (χ0) is 28.4. The molecule has 9 nitrogen and oxygen atoms in total. The van der Waals surface area contributed by atoms with Crippen molar-refractivity contribution < 1.29 is 40.1 Å². The molecule has 1 amide bonds. The van der Waals surface area contributed by atoms with Crippen molar-refractivity contribution in [3.8, 4) is 11.4 Å². The van der Waals surface area contributed by atoms with E-state index in [0.717, 1.165) is 37.8 Å². The lowest BCUT2D eigenvalue weighted by Crippen LogP contribution is -2.43. The van der Waals surface area contributed by atoms with Gasteiger partial charge in [-0.3, -0.25) is 9.69 Å². The maximum atomic E-state index is 13.6. The van der Waals surface area contributed by atoms with Crippen molar-refractivity contribution in [2.45, 2.75) is 64.9 Å². The highest BCUT2D eigenvalue weighted by Gasteiger charge is 2.48. The predicted octanol–water partition coefficient (Wildman–Crippen LogP) is 5.50. The summed E-state index contributed by atoms with van der Waals surface area (Å²) in [6.45, 7) is 7.43. The van der Waals surface area contributed by atoms with Crippen LogP contribution in [0.3, 0.4) is 0 Å². The smallest absolute Gasteiger partial charge is 0.462 e. The van der Waals surface area contributed by atoms with Crippen molar-refractivity contribution in [1.82, 2.24) is 9.78 Å². The predicted molar refractivity (Wildman–Crippen MR) is 134 cm³/mol. The largest absolute Gasteiger partial charge is 0.534 e. The summed E-state index contributed by atoms with van der Waals surface area (Å²) in [5.74, 6) is -1.25. The molecule has 0 radical (unpaired) electrons. The van der Waals surface area contributed by atoms with E-state index < -0.39 is 32.4 Å². The number of hydrogen-bond donors (Lipinski definition) is 0. The Morgan fingerprint density at radius 3 is 2.37 bits per heavy atom. The van der Waals surface area contributed by atoms with Crippen LogP contribution in [0.15, 0.2) is 24.4 Å². The Balaban J connectivity index is 2.02. The van der Waals surface area contributed by atoms with E-state index in [0.29, 0.717) is 5.92 Å². The molecule has 0 atom stereocenters. The van der Waals surface area contributed by atoms with E-state index in [1.807, 2.05) is 0 Å². The maximum absolute atomic E-state index is 13.6. The normalized spacial score (nSPS) is 18.3. The number of ether oxygens (including phenoxy) is 1. The molecule has 1 heterocycles. The van der Waals surface area contributed by atoms with E-state index in [1.165, 1.54) is 21.8 Å². The van der Waals surface area contributed by atoms with Crippen LogP contribution in [0.4, 0.5) is 19.0 Å². The molecule has 1 fully saturated rings. The molecule has 0 bridgehead atoms. The van der Waals surface area contributed by atoms with Crippen LogP contribution in [0.25, 0.3) is 5.69 Å². The van der Waals surface area contributed by atoms with Gasteiger partial charge in [0, 0.05) is 18.2 Å². The van der Waals surface area contributed by atoms with E-state index in [4.69, 9.17) is 16.3 Å². The first-order valence-corrected chi connectivity index (χ1v) is 13.8. The third-order valence-corrected chi connectivity index (χ3v) is 7.46. The summed E-state index contributed by atoms with van der Waals surface area (Å²) in [4.78, 5) is 27.9. The molecule has 0 spiro atoms. The number of amides is 1. The SMILES string of the molecule is CCOC(=O)c1cn(-c2ccc(OS(=O)(=O)C(F)(F)F)c(Cl)c2)nc1N(C(=O)C1CCC(C)CC1)C(C)C. The molecule has 0 saturated heterocycles. The van der Waals surface area contributed by atoms with Crippen LogP contribution in [0.2, 0.25) is 5.02 Å². The van der Waals surface area contributed by atoms with Gasteiger partial charge >= 0.3 is 21.6 Å². The summed E-state index contributed by atoms with van der Waals surface area (Å²) < 4.78 is 71.3. The minimum absolute atomic E-state index is 0.00850. The molecule has 0 aliphatic heterocycles. The van der Waals surface area contributed by atoms with Crippen LogP contribution in [-0.2, 0) is 19.6 Å². The quantitative estimate of drug-likeness (QED) is 0.231. The van der Waals surface area contributed by atoms with Crippen LogP contribution >= 0.6 is 11.6 Å². The summed E-state index contributed by atoms with van der Waals surface area (Å²) in [6.07, 6.45) is 4.59. The zero-order valence-corrected chi connectivity index (χ0v) is 22.9. The molecule has 1 aliphatic carbocycles. The molecule has 1 aliphatic rings. The number of halogens is 4. The second kappa shape index (κ2) is 11.5. The van der Waals surface area contributed by atoms with Gasteiger partial charge in [0.25, 0.3) is 0 Å². The van der Waals surface area contributed by atoms with Gasteiger partial charge in [-0.2, -0.15) is 21.6 Å². The van der Waals surface area contributed by atoms with E-state index >= 15 is 0 Å². The fourth-order valence-corrected chi connectivity index (χ4v) is 4.94. The summed E-state index contributed by atoms with van der Waals surface area (Å²) in [6, 6.07) is 2.91. The van der Waals surface area contributed by atoms with Gasteiger partial charge in [0.1, 0.15) is 5.56 Å². The molecule has 14 heteroatoms. The van der Waals surface area contributed by atoms with E-state index in [-0.39, 0.29) is 41.5 Å². The number of nitrogens with zero attached hydrogens (tertiary/aromatic N) is 3. The van der Waals surface area contributed by atoms with Gasteiger partial charge in [-0.15, -0.1) is 5.10 Å². The molecule has 210 valence electrons. The van der Waals surface area contributed by atoms with Crippen molar-refractivity contribution in [2.75, 3.05) is 11.5 Å². The Labute approximate surface area is 224 Å². The van der Waals surface area contributed by atoms with Crippen molar-refractivity contribution >= 4 is 39.4 Å². The minimum Gasteiger partial charge on any atom is -0.462 e. The minimum atomic E-state index is -5.93. The van der Waals surface area contributed by atoms with E-state index in [1.54, 1.807) is 20.8 Å². The zero-order valence-electron chi connectivity index (χ0n) is 21.3. The van der Waals surface area contributed by atoms with Crippen molar-refractivity contribution in [2.24, 2.45) is 11.8 Å². The average Bonchev–Trinajstić information content (AvgIpc) is 3.25. The van der Waals surface area contributed by atoms with E-state index in [9.17, 15) is 31.2 Å². The van der Waals surface area contributed by atoms with Gasteiger partial charge in [-0.1, -0.05) is 18.5 Å². The Morgan fingerprint density at radius 2 is 1.84 bits per heavy atom. The van der Waals surface area contributed by atoms with Gasteiger partial charge < -0.3 is 8.92 Å². The second-order valence-corrected chi connectivity index (χ2v) is 11.3. The number of aromatic nitrogens is 2. The number of carbonyl (C=O) groups is 2. The van der Waals surface area contributed by atoms with Crippen LogP contribution in [0, 0.1) is 11.8 Å². The average molecular weight is 580 g/mol. The second-order valence-electron chi connectivity index (χ2n) is 9.39. The summed E-state index contributed by atoms with van der Waals surface area (Å²) in [7, 11) is -5.93. The molecule has 1 aromatic carbocycles. The third kappa shape index (κ3) is 6.42. The van der Waals surface area contributed by atoms with Gasteiger partial charge in [-0.25, -0.2) is 9.48 Å². The number of anilines is 1. The number of hydrogen-bond acceptors (Lipinski definition) is 7. The van der Waals surface area contributed by atoms with Crippen molar-refractivity contribution in [3.63, 3.8) is 0 Å². The standard InChI is InChI=1S/C24H29ClF3N3O6S/c1-5-36-23(33)18-13-30(17-10-11-20(19(25)12-17)37-38(34,35)24(26,27)28)29-21(18)31(14(2)3)22(32)16-8-6-15(4)7-9-16/h10-16H,5-9H2,1-4H3. The van der Waals surface area contributed by atoms with Crippen LogP contribution in [0.1, 0.15) is 63.7 Å². The van der Waals surface area contributed by atoms with Crippen LogP contribution < -0.4 is 9.08 Å². The number of alkyl halides is 3. The first-order valence-electron chi connectivity index (χ1n) is 12.1. The molecule has 0 N–H and O–H groups in total. The molecule has 1 saturated carbocycles. The summed E-state index contributed by atoms with van der Waals surface area (Å²) >= 11 is 6.02. The first kappa shape index (κ1) is 29.8. The topological polar surface area (TPSA) is 108 Å². The van der Waals surface area contributed by atoms with Crippen molar-refractivity contribution in [3.05, 3.63) is 35.0 Å². The highest BCUT2D eigenvalue weighted by atomic mass is 35.5. The number of benzene rings is 1. The lowest BCUT2D eigenvalue weighted by atomic mass is 9.82. The van der Waals surface area contributed by atoms with Crippen LogP contribution in [-0.4, -0.2) is 48.2 Å². The Morgan fingerprint density at radius 1 is 1.21 bits per heavy atom. The lowest BCUT2D eigenvalue weighted by molar-refractivity contribution is -0.124. The van der Waals surface area contributed by atoms with Gasteiger partial charge in [0.2, 0.25) is 5.91 Å². The number of carbonyl (C=O) groups excluding carboxylic acids is 2. The maximum Gasteiger partial charge on any atom is 0.534 e. The highest BCUT2D eigenvalue weighted by Crippen LogP contribution is 2.35. The third-order valence-electron chi connectivity index (χ3n) is 6.20. The first-order chi connectivity index (χ1) is 17.7. The van der Waals surface area contributed by atoms with Gasteiger partial charge in [-0.05, 0) is 70.6 Å². The van der Waals surface area contributed by atoms with Crippen molar-refractivity contribution in [1.29, 1.82) is 0 Å². The Bertz CT molecular complexity index is 1290. The Kier molecular flexibility index (Phi) is 9.02. The molecule has 3 rings (SSSR count). The lowest BCUT2D eigenvalue weighted by Gasteiger charge is -2.32. The monoisotopic (exact) mass is 579 g/mol. The summed E-state index contributed by atoms with van der Waals surface area (Å²) in [5, 5.41) is 4.00. The fraction of sp³-hybridized carbons (Fsp3) is 0.542.